The lowest BCUT2D eigenvalue weighted by atomic mass is 9.57. The molecule has 12 nitrogen and oxygen atoms in total. The predicted octanol–water partition coefficient (Wildman–Crippen LogP) is 9.00. The van der Waals surface area contributed by atoms with E-state index in [-0.39, 0.29) is 55.8 Å². The SMILES string of the molecule is C[C@H]1C2CCCCC[C@]1(C)c1cc(OC(=O)COCCOCCOCCOCCOCC(=O)Oc3ccc4c(c3)[C@@]3(C)CCCCC[C@@H](C4)[C@@H]3NC(=O)OCc3ccccc3)ccc1C2. The number of amides is 1. The number of benzene rings is 3. The summed E-state index contributed by atoms with van der Waals surface area (Å²) in [4.78, 5) is 38.4. The lowest BCUT2D eigenvalue weighted by molar-refractivity contribution is -0.140. The molecule has 4 aliphatic carbocycles. The van der Waals surface area contributed by atoms with Crippen LogP contribution in [0.25, 0.3) is 0 Å². The van der Waals surface area contributed by atoms with Gasteiger partial charge in [0.05, 0.1) is 52.9 Å². The van der Waals surface area contributed by atoms with Gasteiger partial charge >= 0.3 is 18.0 Å². The van der Waals surface area contributed by atoms with Crippen molar-refractivity contribution in [3.8, 4) is 11.5 Å². The van der Waals surface area contributed by atoms with Crippen LogP contribution in [-0.2, 0) is 68.3 Å². The first kappa shape index (κ1) is 48.6. The zero-order valence-corrected chi connectivity index (χ0v) is 38.9. The van der Waals surface area contributed by atoms with Crippen LogP contribution >= 0.6 is 0 Å². The fourth-order valence-corrected chi connectivity index (χ4v) is 11.0. The molecular weight excluding hydrogens is 827 g/mol. The Labute approximate surface area is 385 Å². The highest BCUT2D eigenvalue weighted by atomic mass is 16.6. The molecule has 4 aliphatic rings. The molecule has 0 heterocycles. The summed E-state index contributed by atoms with van der Waals surface area (Å²) >= 11 is 0. The molecule has 1 N–H and O–H groups in total. The molecule has 1 amide bonds. The number of hydrogen-bond donors (Lipinski definition) is 1. The highest BCUT2D eigenvalue weighted by molar-refractivity contribution is 5.74. The third-order valence-electron chi connectivity index (χ3n) is 14.6. The van der Waals surface area contributed by atoms with Gasteiger partial charge < -0.3 is 43.2 Å². The monoisotopic (exact) mass is 898 g/mol. The molecule has 2 saturated carbocycles. The molecule has 4 bridgehead atoms. The van der Waals surface area contributed by atoms with Gasteiger partial charge in [0.1, 0.15) is 31.3 Å². The molecule has 65 heavy (non-hydrogen) atoms. The Bertz CT molecular complexity index is 2010. The smallest absolute Gasteiger partial charge is 0.407 e. The van der Waals surface area contributed by atoms with Crippen LogP contribution in [-0.4, -0.2) is 90.1 Å². The summed E-state index contributed by atoms with van der Waals surface area (Å²) in [6.07, 6.45) is 13.2. The van der Waals surface area contributed by atoms with E-state index in [1.165, 1.54) is 48.8 Å². The van der Waals surface area contributed by atoms with E-state index in [0.717, 1.165) is 62.0 Å². The molecule has 7 rings (SSSR count). The van der Waals surface area contributed by atoms with Crippen LogP contribution in [0.3, 0.4) is 0 Å². The Morgan fingerprint density at radius 1 is 0.585 bits per heavy atom. The number of hydrogen-bond acceptors (Lipinski definition) is 11. The van der Waals surface area contributed by atoms with Gasteiger partial charge in [0.25, 0.3) is 0 Å². The lowest BCUT2D eigenvalue weighted by Gasteiger charge is -2.49. The minimum Gasteiger partial charge on any atom is -0.445 e. The first-order chi connectivity index (χ1) is 31.6. The summed E-state index contributed by atoms with van der Waals surface area (Å²) in [6, 6.07) is 21.6. The number of carbonyl (C=O) groups excluding carboxylic acids is 3. The minimum atomic E-state index is -0.490. The van der Waals surface area contributed by atoms with Crippen molar-refractivity contribution in [2.75, 3.05) is 66.1 Å². The van der Waals surface area contributed by atoms with Gasteiger partial charge in [-0.15, -0.1) is 0 Å². The zero-order chi connectivity index (χ0) is 45.5. The first-order valence-electron chi connectivity index (χ1n) is 24.2. The normalized spacial score (nSPS) is 24.8. The Morgan fingerprint density at radius 2 is 1.08 bits per heavy atom. The highest BCUT2D eigenvalue weighted by Crippen LogP contribution is 2.51. The van der Waals surface area contributed by atoms with Crippen molar-refractivity contribution in [3.63, 3.8) is 0 Å². The van der Waals surface area contributed by atoms with Gasteiger partial charge in [0.2, 0.25) is 0 Å². The largest absolute Gasteiger partial charge is 0.445 e. The molecule has 0 saturated heterocycles. The Balaban J connectivity index is 0.717. The quantitative estimate of drug-likeness (QED) is 0.0623. The molecule has 3 aromatic rings. The third kappa shape index (κ3) is 13.2. The molecule has 0 aromatic heterocycles. The van der Waals surface area contributed by atoms with Gasteiger partial charge in [-0.1, -0.05) is 102 Å². The van der Waals surface area contributed by atoms with Crippen LogP contribution in [0.15, 0.2) is 66.7 Å². The first-order valence-corrected chi connectivity index (χ1v) is 24.2. The van der Waals surface area contributed by atoms with Gasteiger partial charge in [-0.05, 0) is 114 Å². The van der Waals surface area contributed by atoms with E-state index in [1.54, 1.807) is 0 Å². The molecular formula is C53H71NO11. The highest BCUT2D eigenvalue weighted by Gasteiger charge is 2.47. The van der Waals surface area contributed by atoms with Crippen molar-refractivity contribution in [2.24, 2.45) is 17.8 Å². The number of alkyl carbamates (subject to hydrolysis) is 1. The van der Waals surface area contributed by atoms with Gasteiger partial charge in [-0.3, -0.25) is 0 Å². The van der Waals surface area contributed by atoms with E-state index in [2.05, 4.69) is 44.3 Å². The summed E-state index contributed by atoms with van der Waals surface area (Å²) in [5, 5.41) is 3.26. The standard InChI is InChI=1S/C53H71NO11/c1-38-40-15-9-5-11-21-52(38,2)46-33-44(19-17-41(46)31-40)64-48(55)36-61-29-27-59-25-23-58-24-26-60-28-30-62-37-49(56)65-45-20-18-42-32-43-16-10-6-12-22-53(3,47(42)34-45)50(43)54-51(57)63-35-39-13-7-4-8-14-39/h4,7-8,13-14,17-20,33-34,38,40,43,50H,5-6,9-12,15-16,21-32,35-37H2,1-3H3,(H,54,57)/t38-,40?,43-,50-,52-,53+/m0/s1. The fourth-order valence-electron chi connectivity index (χ4n) is 11.0. The topological polar surface area (TPSA) is 137 Å². The summed E-state index contributed by atoms with van der Waals surface area (Å²) in [5.74, 6) is 1.77. The van der Waals surface area contributed by atoms with Gasteiger partial charge in [-0.25, -0.2) is 14.4 Å². The number of fused-ring (bicyclic) bond motifs is 8. The van der Waals surface area contributed by atoms with Crippen LogP contribution in [0, 0.1) is 17.8 Å². The number of carbonyl (C=O) groups is 3. The molecule has 0 spiro atoms. The van der Waals surface area contributed by atoms with Crippen molar-refractivity contribution >= 4 is 18.0 Å². The zero-order valence-electron chi connectivity index (χ0n) is 38.9. The molecule has 0 radical (unpaired) electrons. The van der Waals surface area contributed by atoms with Crippen LogP contribution < -0.4 is 14.8 Å². The summed E-state index contributed by atoms with van der Waals surface area (Å²) in [5.41, 5.74) is 5.80. The number of esters is 2. The maximum absolute atomic E-state index is 13.1. The predicted molar refractivity (Wildman–Crippen MR) is 246 cm³/mol. The number of ether oxygens (including phenoxy) is 8. The fraction of sp³-hybridized carbons (Fsp3) is 0.604. The minimum absolute atomic E-state index is 0.101. The van der Waals surface area contributed by atoms with Gasteiger partial charge in [0.15, 0.2) is 0 Å². The second kappa shape index (κ2) is 23.9. The summed E-state index contributed by atoms with van der Waals surface area (Å²) < 4.78 is 44.8. The van der Waals surface area contributed by atoms with Crippen LogP contribution in [0.5, 0.6) is 11.5 Å². The maximum atomic E-state index is 13.1. The number of nitrogens with one attached hydrogen (secondary N) is 1. The average Bonchev–Trinajstić information content (AvgIpc) is 3.30. The summed E-state index contributed by atoms with van der Waals surface area (Å²) in [7, 11) is 0. The van der Waals surface area contributed by atoms with Gasteiger partial charge in [0, 0.05) is 11.5 Å². The van der Waals surface area contributed by atoms with Crippen molar-refractivity contribution in [1.29, 1.82) is 0 Å². The number of rotatable bonds is 21. The maximum Gasteiger partial charge on any atom is 0.407 e. The second-order valence-corrected chi connectivity index (χ2v) is 19.0. The lowest BCUT2D eigenvalue weighted by Crippen LogP contribution is -2.57. The molecule has 3 aromatic carbocycles. The van der Waals surface area contributed by atoms with Crippen LogP contribution in [0.2, 0.25) is 0 Å². The molecule has 354 valence electrons. The second-order valence-electron chi connectivity index (χ2n) is 19.0. The molecule has 6 atom stereocenters. The van der Waals surface area contributed by atoms with Crippen molar-refractivity contribution in [3.05, 3.63) is 94.5 Å². The van der Waals surface area contributed by atoms with Gasteiger partial charge in [-0.2, -0.15) is 0 Å². The Kier molecular flexibility index (Phi) is 17.9. The molecule has 0 aliphatic heterocycles. The van der Waals surface area contributed by atoms with Crippen molar-refractivity contribution in [2.45, 2.75) is 121 Å². The van der Waals surface area contributed by atoms with Crippen molar-refractivity contribution in [1.82, 2.24) is 5.32 Å². The van der Waals surface area contributed by atoms with E-state index in [1.807, 2.05) is 48.5 Å². The molecule has 2 fully saturated rings. The van der Waals surface area contributed by atoms with E-state index in [9.17, 15) is 14.4 Å². The third-order valence-corrected chi connectivity index (χ3v) is 14.6. The summed E-state index contributed by atoms with van der Waals surface area (Å²) in [6.45, 7) is 9.58. The van der Waals surface area contributed by atoms with E-state index < -0.39 is 18.0 Å². The van der Waals surface area contributed by atoms with Crippen molar-refractivity contribution < 1.29 is 52.3 Å². The van der Waals surface area contributed by atoms with E-state index in [4.69, 9.17) is 37.9 Å². The van der Waals surface area contributed by atoms with E-state index in [0.29, 0.717) is 57.1 Å². The van der Waals surface area contributed by atoms with Crippen LogP contribution in [0.4, 0.5) is 4.79 Å². The Morgan fingerprint density at radius 3 is 1.65 bits per heavy atom. The van der Waals surface area contributed by atoms with E-state index >= 15 is 0 Å². The average molecular weight is 898 g/mol. The van der Waals surface area contributed by atoms with Crippen LogP contribution in [0.1, 0.15) is 113 Å². The molecule has 12 heteroatoms. The molecule has 1 unspecified atom stereocenters. The Hall–Kier alpha value is -4.33.